The quantitative estimate of drug-likeness (QED) is 0.718. The molecule has 2 heterocycles. The van der Waals surface area contributed by atoms with E-state index in [1.54, 1.807) is 0 Å². The lowest BCUT2D eigenvalue weighted by atomic mass is 9.78. The monoisotopic (exact) mass is 317 g/mol. The van der Waals surface area contributed by atoms with Crippen LogP contribution in [0.25, 0.3) is 0 Å². The molecule has 2 aliphatic heterocycles. The van der Waals surface area contributed by atoms with Gasteiger partial charge < -0.3 is 14.4 Å². The summed E-state index contributed by atoms with van der Waals surface area (Å²) in [5.41, 5.74) is 1.60. The number of likely N-dealkylation sites (tertiary alicyclic amines) is 1. The third-order valence-corrected chi connectivity index (χ3v) is 5.68. The number of hydrogen-bond donors (Lipinski definition) is 0. The zero-order chi connectivity index (χ0) is 16.0. The van der Waals surface area contributed by atoms with Gasteiger partial charge in [-0.3, -0.25) is 0 Å². The highest BCUT2D eigenvalue weighted by atomic mass is 16.5. The first-order valence-electron chi connectivity index (χ1n) is 9.30. The summed E-state index contributed by atoms with van der Waals surface area (Å²) in [6.07, 6.45) is 5.93. The van der Waals surface area contributed by atoms with Crippen molar-refractivity contribution >= 4 is 0 Å². The lowest BCUT2D eigenvalue weighted by molar-refractivity contribution is -0.0714. The highest BCUT2D eigenvalue weighted by Crippen LogP contribution is 2.42. The predicted molar refractivity (Wildman–Crippen MR) is 93.7 cm³/mol. The summed E-state index contributed by atoms with van der Waals surface area (Å²) in [6.45, 7) is 8.27. The Morgan fingerprint density at radius 1 is 1.22 bits per heavy atom. The van der Waals surface area contributed by atoms with Gasteiger partial charge >= 0.3 is 0 Å². The summed E-state index contributed by atoms with van der Waals surface area (Å²) in [4.78, 5) is 2.61. The Balaban J connectivity index is 1.45. The molecule has 0 aliphatic carbocycles. The number of nitrogens with zero attached hydrogens (tertiary/aromatic N) is 1. The van der Waals surface area contributed by atoms with Crippen LogP contribution in [0.5, 0.6) is 0 Å². The van der Waals surface area contributed by atoms with Gasteiger partial charge in [0.25, 0.3) is 0 Å². The molecule has 0 saturated carbocycles. The molecule has 0 unspecified atom stereocenters. The highest BCUT2D eigenvalue weighted by molar-refractivity contribution is 5.15. The second-order valence-electron chi connectivity index (χ2n) is 6.96. The van der Waals surface area contributed by atoms with Crippen LogP contribution in [0, 0.1) is 5.92 Å². The summed E-state index contributed by atoms with van der Waals surface area (Å²) in [7, 11) is 0. The minimum atomic E-state index is 0.153. The molecule has 3 heteroatoms. The van der Waals surface area contributed by atoms with E-state index in [-0.39, 0.29) is 5.60 Å². The second kappa shape index (κ2) is 8.27. The summed E-state index contributed by atoms with van der Waals surface area (Å²) < 4.78 is 11.8. The fourth-order valence-electron chi connectivity index (χ4n) is 4.20. The first kappa shape index (κ1) is 16.9. The molecule has 0 aromatic heterocycles. The molecule has 2 fully saturated rings. The average Bonchev–Trinajstić information content (AvgIpc) is 2.98. The third kappa shape index (κ3) is 4.34. The fourth-order valence-corrected chi connectivity index (χ4v) is 4.20. The minimum absolute atomic E-state index is 0.153. The standard InChI is InChI=1S/C20H31NO2/c1-2-22-16-9-19-10-17-23-20(19)11-14-21(15-12-20)13-8-18-6-4-3-5-7-18/h3-7,19H,2,8-17H2,1H3/t19-/m0/s1. The largest absolute Gasteiger partial charge is 0.382 e. The number of benzene rings is 1. The number of rotatable bonds is 7. The van der Waals surface area contributed by atoms with Crippen molar-refractivity contribution in [3.8, 4) is 0 Å². The van der Waals surface area contributed by atoms with Crippen molar-refractivity contribution in [2.24, 2.45) is 5.92 Å². The van der Waals surface area contributed by atoms with Crippen LogP contribution >= 0.6 is 0 Å². The Bertz CT molecular complexity index is 454. The Morgan fingerprint density at radius 2 is 2.00 bits per heavy atom. The van der Waals surface area contributed by atoms with Crippen LogP contribution in [-0.2, 0) is 15.9 Å². The van der Waals surface area contributed by atoms with Crippen molar-refractivity contribution in [3.05, 3.63) is 35.9 Å². The van der Waals surface area contributed by atoms with E-state index in [0.29, 0.717) is 5.92 Å². The van der Waals surface area contributed by atoms with Gasteiger partial charge in [0.15, 0.2) is 0 Å². The van der Waals surface area contributed by atoms with Crippen molar-refractivity contribution < 1.29 is 9.47 Å². The van der Waals surface area contributed by atoms with Gasteiger partial charge in [0.05, 0.1) is 5.60 Å². The van der Waals surface area contributed by atoms with E-state index in [2.05, 4.69) is 42.2 Å². The Kier molecular flexibility index (Phi) is 6.09. The molecule has 0 bridgehead atoms. The van der Waals surface area contributed by atoms with Gasteiger partial charge in [0.2, 0.25) is 0 Å². The van der Waals surface area contributed by atoms with Crippen LogP contribution in [0.3, 0.4) is 0 Å². The number of piperidine rings is 1. The molecule has 0 radical (unpaired) electrons. The highest BCUT2D eigenvalue weighted by Gasteiger charge is 2.45. The number of ether oxygens (including phenoxy) is 2. The molecular weight excluding hydrogens is 286 g/mol. The van der Waals surface area contributed by atoms with Gasteiger partial charge in [-0.05, 0) is 50.5 Å². The Labute approximate surface area is 141 Å². The Hall–Kier alpha value is -0.900. The molecule has 3 nitrogen and oxygen atoms in total. The van der Waals surface area contributed by atoms with Crippen molar-refractivity contribution in [2.75, 3.05) is 39.5 Å². The van der Waals surface area contributed by atoms with Gasteiger partial charge in [-0.25, -0.2) is 0 Å². The lowest BCUT2D eigenvalue weighted by Crippen LogP contribution is -2.48. The molecular formula is C20H31NO2. The molecule has 0 N–H and O–H groups in total. The van der Waals surface area contributed by atoms with E-state index in [0.717, 1.165) is 32.7 Å². The molecule has 23 heavy (non-hydrogen) atoms. The van der Waals surface area contributed by atoms with Crippen molar-refractivity contribution in [2.45, 2.75) is 44.6 Å². The average molecular weight is 317 g/mol. The summed E-state index contributed by atoms with van der Waals surface area (Å²) in [6, 6.07) is 10.8. The molecule has 128 valence electrons. The van der Waals surface area contributed by atoms with Gasteiger partial charge in [0, 0.05) is 39.5 Å². The van der Waals surface area contributed by atoms with Crippen LogP contribution in [0.4, 0.5) is 0 Å². The van der Waals surface area contributed by atoms with E-state index < -0.39 is 0 Å². The maximum atomic E-state index is 6.25. The van der Waals surface area contributed by atoms with E-state index in [9.17, 15) is 0 Å². The number of hydrogen-bond acceptors (Lipinski definition) is 3. The van der Waals surface area contributed by atoms with Crippen molar-refractivity contribution in [1.29, 1.82) is 0 Å². The minimum Gasteiger partial charge on any atom is -0.382 e. The van der Waals surface area contributed by atoms with E-state index in [4.69, 9.17) is 9.47 Å². The molecule has 1 spiro atoms. The summed E-state index contributed by atoms with van der Waals surface area (Å²) >= 11 is 0. The van der Waals surface area contributed by atoms with E-state index >= 15 is 0 Å². The smallest absolute Gasteiger partial charge is 0.0736 e. The SMILES string of the molecule is CCOCC[C@H]1CCOC12CCN(CCc1ccccc1)CC2. The van der Waals surface area contributed by atoms with Crippen molar-refractivity contribution in [1.82, 2.24) is 4.90 Å². The van der Waals surface area contributed by atoms with E-state index in [1.807, 2.05) is 0 Å². The van der Waals surface area contributed by atoms with Crippen LogP contribution in [0.15, 0.2) is 30.3 Å². The van der Waals surface area contributed by atoms with Gasteiger partial charge in [-0.2, -0.15) is 0 Å². The molecule has 1 aromatic rings. The van der Waals surface area contributed by atoms with Gasteiger partial charge in [-0.15, -0.1) is 0 Å². The molecule has 1 atom stereocenters. The predicted octanol–water partition coefficient (Wildman–Crippen LogP) is 3.53. The lowest BCUT2D eigenvalue weighted by Gasteiger charge is -2.42. The zero-order valence-electron chi connectivity index (χ0n) is 14.5. The molecule has 3 rings (SSSR count). The van der Waals surface area contributed by atoms with Crippen LogP contribution in [0.2, 0.25) is 0 Å². The zero-order valence-corrected chi connectivity index (χ0v) is 14.5. The molecule has 2 saturated heterocycles. The van der Waals surface area contributed by atoms with Gasteiger partial charge in [-0.1, -0.05) is 30.3 Å². The maximum Gasteiger partial charge on any atom is 0.0736 e. The van der Waals surface area contributed by atoms with Crippen LogP contribution in [0.1, 0.15) is 38.2 Å². The fraction of sp³-hybridized carbons (Fsp3) is 0.700. The molecule has 2 aliphatic rings. The summed E-state index contributed by atoms with van der Waals surface area (Å²) in [5, 5.41) is 0. The molecule has 0 amide bonds. The topological polar surface area (TPSA) is 21.7 Å². The van der Waals surface area contributed by atoms with Gasteiger partial charge in [0.1, 0.15) is 0 Å². The van der Waals surface area contributed by atoms with E-state index in [1.165, 1.54) is 44.5 Å². The van der Waals surface area contributed by atoms with Crippen LogP contribution in [-0.4, -0.2) is 50.0 Å². The second-order valence-corrected chi connectivity index (χ2v) is 6.96. The Morgan fingerprint density at radius 3 is 2.74 bits per heavy atom. The maximum absolute atomic E-state index is 6.25. The third-order valence-electron chi connectivity index (χ3n) is 5.68. The first-order valence-corrected chi connectivity index (χ1v) is 9.30. The normalized spacial score (nSPS) is 24.3. The first-order chi connectivity index (χ1) is 11.3. The summed E-state index contributed by atoms with van der Waals surface area (Å²) in [5.74, 6) is 0.699. The van der Waals surface area contributed by atoms with Crippen molar-refractivity contribution in [3.63, 3.8) is 0 Å². The van der Waals surface area contributed by atoms with Crippen LogP contribution < -0.4 is 0 Å². The molecule has 1 aromatic carbocycles.